The van der Waals surface area contributed by atoms with Crippen LogP contribution in [0.4, 0.5) is 0 Å². The quantitative estimate of drug-likeness (QED) is 0.904. The minimum atomic E-state index is 0.0612. The van der Waals surface area contributed by atoms with Crippen LogP contribution in [0.15, 0.2) is 23.6 Å². The van der Waals surface area contributed by atoms with Crippen molar-refractivity contribution in [3.05, 3.63) is 29.1 Å². The van der Waals surface area contributed by atoms with Crippen LogP contribution in [0.25, 0.3) is 10.9 Å². The van der Waals surface area contributed by atoms with Crippen molar-refractivity contribution in [2.75, 3.05) is 6.54 Å². The first kappa shape index (κ1) is 10.7. The van der Waals surface area contributed by atoms with Gasteiger partial charge in [0.05, 0.1) is 5.52 Å². The van der Waals surface area contributed by atoms with Crippen molar-refractivity contribution in [3.63, 3.8) is 0 Å². The van der Waals surface area contributed by atoms with Gasteiger partial charge >= 0.3 is 0 Å². The number of rotatable bonds is 3. The summed E-state index contributed by atoms with van der Waals surface area (Å²) in [6.07, 6.45) is 1.18. The lowest BCUT2D eigenvalue weighted by atomic mass is 10.1. The van der Waals surface area contributed by atoms with E-state index in [1.165, 1.54) is 28.9 Å². The van der Waals surface area contributed by atoms with E-state index >= 15 is 0 Å². The number of benzene rings is 1. The van der Waals surface area contributed by atoms with Crippen LogP contribution in [0.5, 0.6) is 0 Å². The van der Waals surface area contributed by atoms with Gasteiger partial charge in [0, 0.05) is 24.2 Å². The monoisotopic (exact) mass is 246 g/mol. The molecule has 3 rings (SSSR count). The molecule has 1 N–H and O–H groups in total. The van der Waals surface area contributed by atoms with Gasteiger partial charge in [-0.15, -0.1) is 0 Å². The zero-order chi connectivity index (χ0) is 11.8. The van der Waals surface area contributed by atoms with Gasteiger partial charge in [0.1, 0.15) is 0 Å². The number of carbonyl (C=O) groups is 1. The number of nitrogens with one attached hydrogen (secondary N) is 1. The molecule has 2 aromatic rings. The maximum absolute atomic E-state index is 10.9. The fourth-order valence-corrected chi connectivity index (χ4v) is 3.05. The minimum Gasteiger partial charge on any atom is -0.356 e. The lowest BCUT2D eigenvalue weighted by molar-refractivity contribution is -0.119. The maximum atomic E-state index is 10.9. The molecule has 1 aromatic carbocycles. The van der Waals surface area contributed by atoms with E-state index in [0.29, 0.717) is 11.8 Å². The number of aromatic nitrogens is 1. The van der Waals surface area contributed by atoms with E-state index in [1.807, 2.05) is 0 Å². The van der Waals surface area contributed by atoms with Crippen molar-refractivity contribution in [2.45, 2.75) is 19.3 Å². The van der Waals surface area contributed by atoms with E-state index in [4.69, 9.17) is 0 Å². The molecule has 88 valence electrons. The molecule has 0 spiro atoms. The molecule has 1 fully saturated rings. The summed E-state index contributed by atoms with van der Waals surface area (Å²) in [7, 11) is 0. The molecule has 0 radical (unpaired) electrons. The van der Waals surface area contributed by atoms with Crippen LogP contribution >= 0.6 is 11.5 Å². The zero-order valence-electron chi connectivity index (χ0n) is 9.64. The third-order valence-corrected chi connectivity index (χ3v) is 4.02. The molecule has 1 aliphatic rings. The van der Waals surface area contributed by atoms with Gasteiger partial charge in [-0.05, 0) is 41.4 Å². The lowest BCUT2D eigenvalue weighted by Gasteiger charge is -2.03. The fraction of sp³-hybridized carbons (Fsp3) is 0.385. The number of fused-ring (bicyclic) bond motifs is 1. The summed E-state index contributed by atoms with van der Waals surface area (Å²) in [5, 5.41) is 6.31. The Morgan fingerprint density at radius 1 is 1.59 bits per heavy atom. The predicted octanol–water partition coefficient (Wildman–Crippen LogP) is 2.54. The molecule has 1 aromatic heterocycles. The average molecular weight is 246 g/mol. The molecule has 17 heavy (non-hydrogen) atoms. The molecule has 4 heteroatoms. The molecule has 0 saturated heterocycles. The summed E-state index contributed by atoms with van der Waals surface area (Å²) >= 11 is 1.51. The van der Waals surface area contributed by atoms with Crippen LogP contribution in [0, 0.1) is 5.92 Å². The van der Waals surface area contributed by atoms with Crippen LogP contribution in [-0.4, -0.2) is 16.8 Å². The normalized spacial score (nSPS) is 22.6. The van der Waals surface area contributed by atoms with Gasteiger partial charge < -0.3 is 5.32 Å². The van der Waals surface area contributed by atoms with Crippen LogP contribution < -0.4 is 5.32 Å². The highest BCUT2D eigenvalue weighted by atomic mass is 32.1. The van der Waals surface area contributed by atoms with Crippen molar-refractivity contribution in [2.24, 2.45) is 5.92 Å². The molecule has 3 nitrogen and oxygen atoms in total. The Morgan fingerprint density at radius 2 is 2.47 bits per heavy atom. The van der Waals surface area contributed by atoms with Crippen LogP contribution in [0.2, 0.25) is 0 Å². The largest absolute Gasteiger partial charge is 0.356 e. The third-order valence-electron chi connectivity index (χ3n) is 3.37. The Hall–Kier alpha value is -1.42. The molecule has 1 saturated carbocycles. The summed E-state index contributed by atoms with van der Waals surface area (Å²) in [6.45, 7) is 2.37. The highest BCUT2D eigenvalue weighted by molar-refractivity contribution is 7.04. The van der Waals surface area contributed by atoms with Crippen LogP contribution in [-0.2, 0) is 4.79 Å². The molecule has 1 heterocycles. The summed E-state index contributed by atoms with van der Waals surface area (Å²) < 4.78 is 4.36. The Labute approximate surface area is 104 Å². The van der Waals surface area contributed by atoms with Gasteiger partial charge in [-0.1, -0.05) is 12.1 Å². The van der Waals surface area contributed by atoms with Gasteiger partial charge in [0.25, 0.3) is 0 Å². The first-order valence-electron chi connectivity index (χ1n) is 5.83. The molecule has 0 aliphatic heterocycles. The SMILES string of the molecule is CC(=O)NCC1CC1c1cccc2nscc12. The van der Waals surface area contributed by atoms with Gasteiger partial charge in [-0.3, -0.25) is 4.79 Å². The second-order valence-corrected chi connectivity index (χ2v) is 5.26. The predicted molar refractivity (Wildman–Crippen MR) is 69.2 cm³/mol. The molecule has 2 atom stereocenters. The van der Waals surface area contributed by atoms with Crippen molar-refractivity contribution in [1.29, 1.82) is 0 Å². The molecule has 1 amide bonds. The number of hydrogen-bond acceptors (Lipinski definition) is 3. The van der Waals surface area contributed by atoms with Crippen molar-refractivity contribution in [3.8, 4) is 0 Å². The topological polar surface area (TPSA) is 42.0 Å². The standard InChI is InChI=1S/C13H14N2OS/c1-8(16)14-6-9-5-11(9)10-3-2-4-13-12(10)7-17-15-13/h2-4,7,9,11H,5-6H2,1H3,(H,14,16). The third kappa shape index (κ3) is 2.05. The van der Waals surface area contributed by atoms with E-state index < -0.39 is 0 Å². The second-order valence-electron chi connectivity index (χ2n) is 4.63. The van der Waals surface area contributed by atoms with Gasteiger partial charge in [0.2, 0.25) is 5.91 Å². The highest BCUT2D eigenvalue weighted by Crippen LogP contribution is 2.49. The first-order chi connectivity index (χ1) is 8.25. The number of nitrogens with zero attached hydrogens (tertiary/aromatic N) is 1. The zero-order valence-corrected chi connectivity index (χ0v) is 10.5. The molecule has 2 unspecified atom stereocenters. The summed E-state index contributed by atoms with van der Waals surface area (Å²) in [4.78, 5) is 10.9. The van der Waals surface area contributed by atoms with Gasteiger partial charge in [-0.2, -0.15) is 4.37 Å². The summed E-state index contributed by atoms with van der Waals surface area (Å²) in [5.41, 5.74) is 2.49. The van der Waals surface area contributed by atoms with Crippen molar-refractivity contribution >= 4 is 28.3 Å². The molecule has 1 aliphatic carbocycles. The smallest absolute Gasteiger partial charge is 0.216 e. The van der Waals surface area contributed by atoms with Gasteiger partial charge in [0.15, 0.2) is 0 Å². The molecule has 0 bridgehead atoms. The second kappa shape index (κ2) is 4.11. The van der Waals surface area contributed by atoms with E-state index in [-0.39, 0.29) is 5.91 Å². The Morgan fingerprint density at radius 3 is 3.29 bits per heavy atom. The summed E-state index contributed by atoms with van der Waals surface area (Å²) in [5.74, 6) is 1.26. The van der Waals surface area contributed by atoms with Crippen LogP contribution in [0.3, 0.4) is 0 Å². The number of amides is 1. The fourth-order valence-electron chi connectivity index (χ4n) is 2.37. The van der Waals surface area contributed by atoms with Crippen molar-refractivity contribution in [1.82, 2.24) is 9.69 Å². The number of carbonyl (C=O) groups excluding carboxylic acids is 1. The Balaban J connectivity index is 1.78. The van der Waals surface area contributed by atoms with E-state index in [9.17, 15) is 4.79 Å². The van der Waals surface area contributed by atoms with E-state index in [0.717, 1.165) is 12.1 Å². The van der Waals surface area contributed by atoms with Crippen LogP contribution in [0.1, 0.15) is 24.8 Å². The highest BCUT2D eigenvalue weighted by Gasteiger charge is 2.39. The minimum absolute atomic E-state index is 0.0612. The van der Waals surface area contributed by atoms with Crippen molar-refractivity contribution < 1.29 is 4.79 Å². The Bertz CT molecular complexity index is 563. The average Bonchev–Trinajstić information content (AvgIpc) is 2.92. The van der Waals surface area contributed by atoms with E-state index in [2.05, 4.69) is 33.3 Å². The van der Waals surface area contributed by atoms with Gasteiger partial charge in [-0.25, -0.2) is 0 Å². The maximum Gasteiger partial charge on any atom is 0.216 e. The first-order valence-corrected chi connectivity index (χ1v) is 6.67. The number of hydrogen-bond donors (Lipinski definition) is 1. The Kier molecular flexibility index (Phi) is 2.59. The lowest BCUT2D eigenvalue weighted by Crippen LogP contribution is -2.22. The molecular weight excluding hydrogens is 232 g/mol. The summed E-state index contributed by atoms with van der Waals surface area (Å²) in [6, 6.07) is 6.32. The van der Waals surface area contributed by atoms with E-state index in [1.54, 1.807) is 6.92 Å². The molecular formula is C13H14N2OS.